The minimum absolute atomic E-state index is 0.294. The molecule has 0 N–H and O–H groups in total. The van der Waals surface area contributed by atoms with E-state index in [1.54, 1.807) is 0 Å². The lowest BCUT2D eigenvalue weighted by Gasteiger charge is -2.12. The van der Waals surface area contributed by atoms with Crippen molar-refractivity contribution in [2.45, 2.75) is 30.6 Å². The highest BCUT2D eigenvalue weighted by Gasteiger charge is 2.35. The maximum Gasteiger partial charge on any atom is 0.429 e. The second kappa shape index (κ2) is 7.40. The third-order valence-electron chi connectivity index (χ3n) is 2.46. The van der Waals surface area contributed by atoms with Crippen LogP contribution in [0.4, 0.5) is 32.0 Å². The molecule has 0 aliphatic rings. The van der Waals surface area contributed by atoms with Crippen LogP contribution in [0.1, 0.15) is 13.3 Å². The molecule has 0 aliphatic carbocycles. The number of rotatable bonds is 4. The van der Waals surface area contributed by atoms with E-state index in [2.05, 4.69) is 4.99 Å². The largest absolute Gasteiger partial charge is 0.429 e. The molecule has 23 heavy (non-hydrogen) atoms. The molecule has 2 nitrogen and oxygen atoms in total. The molecule has 0 aromatic heterocycles. The van der Waals surface area contributed by atoms with Crippen LogP contribution in [-0.4, -0.2) is 28.0 Å². The maximum atomic E-state index is 12.7. The Hall–Kier alpha value is -0.800. The van der Waals surface area contributed by atoms with E-state index in [9.17, 15) is 30.6 Å². The van der Waals surface area contributed by atoms with Crippen molar-refractivity contribution in [1.29, 1.82) is 0 Å². The molecule has 130 valence electrons. The van der Waals surface area contributed by atoms with Gasteiger partial charge < -0.3 is 0 Å². The SMILES string of the molecule is CCC(=Nc1cc(S(=O)CC(F)(F)F)c(Cl)cc1Cl)C(F)(F)F. The van der Waals surface area contributed by atoms with Crippen molar-refractivity contribution in [2.75, 3.05) is 5.75 Å². The van der Waals surface area contributed by atoms with Gasteiger partial charge in [0.15, 0.2) is 0 Å². The first-order valence-corrected chi connectivity index (χ1v) is 8.01. The van der Waals surface area contributed by atoms with Crippen molar-refractivity contribution in [3.63, 3.8) is 0 Å². The van der Waals surface area contributed by atoms with Gasteiger partial charge in [-0.2, -0.15) is 26.3 Å². The first kappa shape index (κ1) is 20.2. The summed E-state index contributed by atoms with van der Waals surface area (Å²) in [7, 11) is -2.59. The van der Waals surface area contributed by atoms with Gasteiger partial charge in [0.2, 0.25) is 0 Å². The van der Waals surface area contributed by atoms with Gasteiger partial charge in [0, 0.05) is 0 Å². The fourth-order valence-corrected chi connectivity index (χ4v) is 3.15. The van der Waals surface area contributed by atoms with Gasteiger partial charge in [0.1, 0.15) is 11.5 Å². The van der Waals surface area contributed by atoms with Crippen LogP contribution in [0.25, 0.3) is 0 Å². The molecule has 1 aromatic rings. The molecule has 0 aliphatic heterocycles. The highest BCUT2D eigenvalue weighted by atomic mass is 35.5. The van der Waals surface area contributed by atoms with E-state index in [1.807, 2.05) is 0 Å². The Kier molecular flexibility index (Phi) is 6.51. The summed E-state index contributed by atoms with van der Waals surface area (Å²) in [5.74, 6) is -1.68. The topological polar surface area (TPSA) is 29.4 Å². The van der Waals surface area contributed by atoms with E-state index >= 15 is 0 Å². The zero-order valence-electron chi connectivity index (χ0n) is 11.4. The smallest absolute Gasteiger partial charge is 0.254 e. The second-order valence-electron chi connectivity index (χ2n) is 4.25. The predicted octanol–water partition coefficient (Wildman–Crippen LogP) is 5.71. The summed E-state index contributed by atoms with van der Waals surface area (Å²) >= 11 is 11.4. The summed E-state index contributed by atoms with van der Waals surface area (Å²) in [4.78, 5) is 2.83. The number of aliphatic imine (C=N–C) groups is 1. The van der Waals surface area contributed by atoms with Crippen LogP contribution in [0.5, 0.6) is 0 Å². The Morgan fingerprint density at radius 1 is 1.13 bits per heavy atom. The fourth-order valence-electron chi connectivity index (χ4n) is 1.49. The molecule has 1 atom stereocenters. The molecule has 11 heteroatoms. The van der Waals surface area contributed by atoms with E-state index in [1.165, 1.54) is 6.92 Å². The lowest BCUT2D eigenvalue weighted by Crippen LogP contribution is -2.21. The summed E-state index contributed by atoms with van der Waals surface area (Å²) < 4.78 is 86.6. The standard InChI is InChI=1S/C12H9Cl2F6NOS/c1-2-10(12(18,19)20)21-8-4-9(7(14)3-6(8)13)23(22)5-11(15,16)17/h3-4H,2,5H2,1H3. The molecule has 0 saturated heterocycles. The molecule has 0 fully saturated rings. The van der Waals surface area contributed by atoms with Gasteiger partial charge in [-0.25, -0.2) is 4.99 Å². The highest BCUT2D eigenvalue weighted by Crippen LogP contribution is 2.35. The summed E-state index contributed by atoms with van der Waals surface area (Å²) in [6.45, 7) is 1.21. The third-order valence-corrected chi connectivity index (χ3v) is 4.60. The van der Waals surface area contributed by atoms with Gasteiger partial charge in [-0.15, -0.1) is 0 Å². The van der Waals surface area contributed by atoms with Gasteiger partial charge in [-0.05, 0) is 18.6 Å². The quantitative estimate of drug-likeness (QED) is 0.471. The Morgan fingerprint density at radius 2 is 1.70 bits per heavy atom. The lowest BCUT2D eigenvalue weighted by atomic mass is 10.2. The van der Waals surface area contributed by atoms with Crippen molar-refractivity contribution in [3.8, 4) is 0 Å². The van der Waals surface area contributed by atoms with Gasteiger partial charge in [-0.1, -0.05) is 30.1 Å². The molecule has 0 amide bonds. The number of alkyl halides is 6. The third kappa shape index (κ3) is 5.96. The summed E-state index contributed by atoms with van der Waals surface area (Å²) in [5, 5.41) is -0.639. The van der Waals surface area contributed by atoms with Gasteiger partial charge in [-0.3, -0.25) is 4.21 Å². The van der Waals surface area contributed by atoms with Crippen LogP contribution in [0.2, 0.25) is 10.0 Å². The second-order valence-corrected chi connectivity index (χ2v) is 6.48. The van der Waals surface area contributed by atoms with Gasteiger partial charge in [0.05, 0.1) is 31.4 Å². The van der Waals surface area contributed by atoms with E-state index in [0.29, 0.717) is 0 Å². The van der Waals surface area contributed by atoms with Crippen molar-refractivity contribution in [1.82, 2.24) is 0 Å². The van der Waals surface area contributed by atoms with E-state index in [0.717, 1.165) is 12.1 Å². The van der Waals surface area contributed by atoms with Gasteiger partial charge >= 0.3 is 12.4 Å². The van der Waals surface area contributed by atoms with Gasteiger partial charge in [0.25, 0.3) is 0 Å². The minimum atomic E-state index is -4.72. The van der Waals surface area contributed by atoms with Crippen LogP contribution in [0.3, 0.4) is 0 Å². The average Bonchev–Trinajstić information content (AvgIpc) is 2.33. The van der Waals surface area contributed by atoms with Crippen molar-refractivity contribution < 1.29 is 30.6 Å². The first-order chi connectivity index (χ1) is 10.3. The zero-order valence-corrected chi connectivity index (χ0v) is 13.7. The van der Waals surface area contributed by atoms with Crippen LogP contribution < -0.4 is 0 Å². The minimum Gasteiger partial charge on any atom is -0.254 e. The van der Waals surface area contributed by atoms with Crippen molar-refractivity contribution in [3.05, 3.63) is 22.2 Å². The van der Waals surface area contributed by atoms with Crippen LogP contribution in [0.15, 0.2) is 22.0 Å². The summed E-state index contributed by atoms with van der Waals surface area (Å²) in [6, 6.07) is 1.68. The number of halogens is 8. The lowest BCUT2D eigenvalue weighted by molar-refractivity contribution is -0.105. The summed E-state index contributed by atoms with van der Waals surface area (Å²) in [5.41, 5.74) is -1.62. The maximum absolute atomic E-state index is 12.7. The number of hydrogen-bond donors (Lipinski definition) is 0. The van der Waals surface area contributed by atoms with Crippen LogP contribution in [0, 0.1) is 0 Å². The van der Waals surface area contributed by atoms with E-state index < -0.39 is 51.6 Å². The van der Waals surface area contributed by atoms with E-state index in [4.69, 9.17) is 23.2 Å². The fraction of sp³-hybridized carbons (Fsp3) is 0.417. The Labute approximate surface area is 139 Å². The molecule has 1 unspecified atom stereocenters. The number of nitrogens with zero attached hydrogens (tertiary/aromatic N) is 1. The molecule has 0 bridgehead atoms. The van der Waals surface area contributed by atoms with Crippen LogP contribution in [-0.2, 0) is 10.8 Å². The predicted molar refractivity (Wildman–Crippen MR) is 77.2 cm³/mol. The summed E-state index contributed by atoms with van der Waals surface area (Å²) in [6.07, 6.45) is -9.91. The number of hydrogen-bond acceptors (Lipinski definition) is 2. The Bertz CT molecular complexity index is 642. The van der Waals surface area contributed by atoms with Crippen LogP contribution >= 0.6 is 23.2 Å². The molecule has 1 rings (SSSR count). The van der Waals surface area contributed by atoms with Crippen molar-refractivity contribution >= 4 is 45.4 Å². The molecule has 0 radical (unpaired) electrons. The molecule has 0 heterocycles. The molecule has 0 saturated carbocycles. The first-order valence-electron chi connectivity index (χ1n) is 5.94. The normalized spacial score (nSPS) is 14.9. The zero-order chi connectivity index (χ0) is 18.0. The average molecular weight is 400 g/mol. The molecule has 1 aromatic carbocycles. The highest BCUT2D eigenvalue weighted by molar-refractivity contribution is 7.85. The number of benzene rings is 1. The van der Waals surface area contributed by atoms with E-state index in [-0.39, 0.29) is 10.0 Å². The monoisotopic (exact) mass is 399 g/mol. The van der Waals surface area contributed by atoms with Crippen molar-refractivity contribution in [2.24, 2.45) is 4.99 Å². The molecular formula is C12H9Cl2F6NOS. The molecular weight excluding hydrogens is 391 g/mol. The Balaban J connectivity index is 3.34. The molecule has 0 spiro atoms. The Morgan fingerprint density at radius 3 is 2.13 bits per heavy atom.